The summed E-state index contributed by atoms with van der Waals surface area (Å²) >= 11 is 12.0. The molecular weight excluding hydrogens is 423 g/mol. The molecule has 3 rings (SSSR count). The lowest BCUT2D eigenvalue weighted by Gasteiger charge is -2.32. The van der Waals surface area contributed by atoms with Gasteiger partial charge in [-0.2, -0.15) is 0 Å². The average molecular weight is 447 g/mol. The Morgan fingerprint density at radius 1 is 1.17 bits per heavy atom. The lowest BCUT2D eigenvalue weighted by atomic mass is 9.96. The molecule has 158 valence electrons. The average Bonchev–Trinajstić information content (AvgIpc) is 2.73. The van der Waals surface area contributed by atoms with Gasteiger partial charge in [0.2, 0.25) is 5.91 Å². The second-order valence-electron chi connectivity index (χ2n) is 7.46. The van der Waals surface area contributed by atoms with Crippen LogP contribution >= 0.6 is 23.2 Å². The van der Waals surface area contributed by atoms with Gasteiger partial charge in [-0.05, 0) is 54.3 Å². The van der Waals surface area contributed by atoms with Crippen LogP contribution in [0.1, 0.15) is 24.0 Å². The lowest BCUT2D eigenvalue weighted by molar-refractivity contribution is -0.142. The van der Waals surface area contributed by atoms with Crippen LogP contribution in [0.2, 0.25) is 10.0 Å². The molecule has 0 spiro atoms. The standard InChI is InChI=1S/C23H24Cl2N2O3/c1-26(22(28)8-6-17-5-7-19(24)14-21(17)25)15-16-3-2-4-20(13-16)27-11-9-18(10-12-27)23(29)30/h2-8,13-14,18H,9-12,15H2,1H3,(H,29,30)/b8-6+. The molecular formula is C23H24Cl2N2O3. The maximum absolute atomic E-state index is 12.5. The van der Waals surface area contributed by atoms with Crippen molar-refractivity contribution in [3.05, 3.63) is 69.7 Å². The topological polar surface area (TPSA) is 60.9 Å². The molecule has 0 saturated carbocycles. The summed E-state index contributed by atoms with van der Waals surface area (Å²) < 4.78 is 0. The highest BCUT2D eigenvalue weighted by molar-refractivity contribution is 6.35. The van der Waals surface area contributed by atoms with E-state index in [9.17, 15) is 9.59 Å². The Kier molecular flexibility index (Phi) is 7.40. The SMILES string of the molecule is CN(Cc1cccc(N2CCC(C(=O)O)CC2)c1)C(=O)/C=C/c1ccc(Cl)cc1Cl. The number of hydrogen-bond acceptors (Lipinski definition) is 3. The van der Waals surface area contributed by atoms with Crippen molar-refractivity contribution in [3.8, 4) is 0 Å². The van der Waals surface area contributed by atoms with Crippen molar-refractivity contribution in [3.63, 3.8) is 0 Å². The van der Waals surface area contributed by atoms with Crippen LogP contribution in [0.25, 0.3) is 6.08 Å². The molecule has 1 N–H and O–H groups in total. The van der Waals surface area contributed by atoms with Crippen LogP contribution in [0, 0.1) is 5.92 Å². The molecule has 5 nitrogen and oxygen atoms in total. The van der Waals surface area contributed by atoms with Gasteiger partial charge in [0, 0.05) is 48.5 Å². The van der Waals surface area contributed by atoms with Crippen molar-refractivity contribution in [2.24, 2.45) is 5.92 Å². The number of aliphatic carboxylic acids is 1. The summed E-state index contributed by atoms with van der Waals surface area (Å²) in [6, 6.07) is 13.2. The highest BCUT2D eigenvalue weighted by atomic mass is 35.5. The molecule has 0 aromatic heterocycles. The van der Waals surface area contributed by atoms with Crippen LogP contribution in [-0.2, 0) is 16.1 Å². The first kappa shape index (κ1) is 22.2. The number of benzene rings is 2. The van der Waals surface area contributed by atoms with Crippen LogP contribution in [0.5, 0.6) is 0 Å². The number of likely N-dealkylation sites (N-methyl/N-ethyl adjacent to an activating group) is 1. The molecule has 0 atom stereocenters. The zero-order chi connectivity index (χ0) is 21.7. The van der Waals surface area contributed by atoms with Crippen LogP contribution in [0.4, 0.5) is 5.69 Å². The van der Waals surface area contributed by atoms with Crippen molar-refractivity contribution in [1.82, 2.24) is 4.90 Å². The van der Waals surface area contributed by atoms with Crippen LogP contribution in [0.3, 0.4) is 0 Å². The monoisotopic (exact) mass is 446 g/mol. The Hall–Kier alpha value is -2.50. The molecule has 2 aromatic carbocycles. The molecule has 30 heavy (non-hydrogen) atoms. The number of hydrogen-bond donors (Lipinski definition) is 1. The van der Waals surface area contributed by atoms with E-state index in [1.807, 2.05) is 18.2 Å². The predicted molar refractivity (Wildman–Crippen MR) is 121 cm³/mol. The summed E-state index contributed by atoms with van der Waals surface area (Å²) in [6.45, 7) is 1.91. The molecule has 7 heteroatoms. The minimum Gasteiger partial charge on any atom is -0.481 e. The van der Waals surface area contributed by atoms with Gasteiger partial charge in [-0.25, -0.2) is 0 Å². The van der Waals surface area contributed by atoms with E-state index in [0.29, 0.717) is 29.4 Å². The fourth-order valence-electron chi connectivity index (χ4n) is 3.51. The number of nitrogens with zero attached hydrogens (tertiary/aromatic N) is 2. The smallest absolute Gasteiger partial charge is 0.306 e. The first-order chi connectivity index (χ1) is 14.3. The van der Waals surface area contributed by atoms with E-state index in [-0.39, 0.29) is 11.8 Å². The van der Waals surface area contributed by atoms with E-state index in [1.54, 1.807) is 36.2 Å². The molecule has 1 heterocycles. The Labute approximate surface area is 186 Å². The Bertz CT molecular complexity index is 953. The number of piperidine rings is 1. The largest absolute Gasteiger partial charge is 0.481 e. The molecule has 2 aromatic rings. The second kappa shape index (κ2) is 10.0. The molecule has 0 bridgehead atoms. The second-order valence-corrected chi connectivity index (χ2v) is 8.31. The maximum atomic E-state index is 12.5. The lowest BCUT2D eigenvalue weighted by Crippen LogP contribution is -2.36. The van der Waals surface area contributed by atoms with Gasteiger partial charge in [-0.3, -0.25) is 9.59 Å². The number of rotatable bonds is 6. The first-order valence-corrected chi connectivity index (χ1v) is 10.5. The zero-order valence-electron chi connectivity index (χ0n) is 16.7. The van der Waals surface area contributed by atoms with Gasteiger partial charge in [0.1, 0.15) is 0 Å². The third kappa shape index (κ3) is 5.77. The van der Waals surface area contributed by atoms with E-state index < -0.39 is 5.97 Å². The van der Waals surface area contributed by atoms with Crippen molar-refractivity contribution in [2.75, 3.05) is 25.0 Å². The van der Waals surface area contributed by atoms with Gasteiger partial charge in [-0.15, -0.1) is 0 Å². The Morgan fingerprint density at radius 2 is 1.90 bits per heavy atom. The van der Waals surface area contributed by atoms with E-state index in [4.69, 9.17) is 28.3 Å². The van der Waals surface area contributed by atoms with Gasteiger partial charge in [0.25, 0.3) is 0 Å². The van der Waals surface area contributed by atoms with Crippen LogP contribution < -0.4 is 4.90 Å². The third-order valence-electron chi connectivity index (χ3n) is 5.28. The highest BCUT2D eigenvalue weighted by Gasteiger charge is 2.24. The van der Waals surface area contributed by atoms with Crippen LogP contribution in [0.15, 0.2) is 48.5 Å². The minimum absolute atomic E-state index is 0.131. The molecule has 1 fully saturated rings. The van der Waals surface area contributed by atoms with Crippen molar-refractivity contribution in [1.29, 1.82) is 0 Å². The number of carboxylic acid groups (broad SMARTS) is 1. The zero-order valence-corrected chi connectivity index (χ0v) is 18.2. The third-order valence-corrected chi connectivity index (χ3v) is 5.85. The Balaban J connectivity index is 1.60. The number of carbonyl (C=O) groups is 2. The van der Waals surface area contributed by atoms with Gasteiger partial charge in [-0.1, -0.05) is 41.4 Å². The van der Waals surface area contributed by atoms with E-state index in [2.05, 4.69) is 11.0 Å². The summed E-state index contributed by atoms with van der Waals surface area (Å²) in [4.78, 5) is 27.5. The summed E-state index contributed by atoms with van der Waals surface area (Å²) in [6.07, 6.45) is 4.47. The molecule has 0 radical (unpaired) electrons. The van der Waals surface area contributed by atoms with Gasteiger partial charge < -0.3 is 14.9 Å². The van der Waals surface area contributed by atoms with Crippen molar-refractivity contribution >= 4 is 46.8 Å². The summed E-state index contributed by atoms with van der Waals surface area (Å²) in [5.41, 5.74) is 2.80. The maximum Gasteiger partial charge on any atom is 0.306 e. The number of anilines is 1. The molecule has 1 amide bonds. The van der Waals surface area contributed by atoms with Crippen LogP contribution in [-0.4, -0.2) is 42.0 Å². The molecule has 0 unspecified atom stereocenters. The number of carboxylic acids is 1. The molecule has 1 aliphatic rings. The van der Waals surface area contributed by atoms with Gasteiger partial charge >= 0.3 is 5.97 Å². The van der Waals surface area contributed by atoms with E-state index >= 15 is 0 Å². The quantitative estimate of drug-likeness (QED) is 0.636. The van der Waals surface area contributed by atoms with Gasteiger partial charge in [0.15, 0.2) is 0 Å². The minimum atomic E-state index is -0.712. The Morgan fingerprint density at radius 3 is 2.57 bits per heavy atom. The number of amides is 1. The normalized spacial score (nSPS) is 14.8. The van der Waals surface area contributed by atoms with E-state index in [1.165, 1.54) is 6.08 Å². The van der Waals surface area contributed by atoms with Crippen molar-refractivity contribution < 1.29 is 14.7 Å². The highest BCUT2D eigenvalue weighted by Crippen LogP contribution is 2.25. The van der Waals surface area contributed by atoms with Gasteiger partial charge in [0.05, 0.1) is 5.92 Å². The fourth-order valence-corrected chi connectivity index (χ4v) is 3.98. The van der Waals surface area contributed by atoms with E-state index in [0.717, 1.165) is 29.9 Å². The predicted octanol–water partition coefficient (Wildman–Crippen LogP) is 4.97. The van der Waals surface area contributed by atoms with Crippen molar-refractivity contribution in [2.45, 2.75) is 19.4 Å². The summed E-state index contributed by atoms with van der Waals surface area (Å²) in [7, 11) is 1.75. The molecule has 1 saturated heterocycles. The number of carbonyl (C=O) groups excluding carboxylic acids is 1. The summed E-state index contributed by atoms with van der Waals surface area (Å²) in [5.74, 6) is -1.10. The molecule has 0 aliphatic carbocycles. The summed E-state index contributed by atoms with van der Waals surface area (Å²) in [5, 5.41) is 10.2. The first-order valence-electron chi connectivity index (χ1n) is 9.78. The number of halogens is 2. The molecule has 1 aliphatic heterocycles. The fraction of sp³-hybridized carbons (Fsp3) is 0.304.